The van der Waals surface area contributed by atoms with E-state index in [1.807, 2.05) is 18.5 Å². The number of nitrogens with one attached hydrogen (secondary N) is 2. The van der Waals surface area contributed by atoms with Gasteiger partial charge in [0.15, 0.2) is 11.8 Å². The van der Waals surface area contributed by atoms with Crippen molar-refractivity contribution in [1.29, 1.82) is 0 Å². The monoisotopic (exact) mass is 282 g/mol. The van der Waals surface area contributed by atoms with Gasteiger partial charge in [0, 0.05) is 27.2 Å². The van der Waals surface area contributed by atoms with E-state index in [1.54, 1.807) is 7.11 Å². The minimum atomic E-state index is 0.506. The normalized spacial score (nSPS) is 11.7. The lowest BCUT2D eigenvalue weighted by Crippen LogP contribution is -2.39. The highest BCUT2D eigenvalue weighted by atomic mass is 16.5. The van der Waals surface area contributed by atoms with Gasteiger partial charge in [-0.15, -0.1) is 10.2 Å². The van der Waals surface area contributed by atoms with Crippen LogP contribution in [0.15, 0.2) is 4.99 Å². The molecule has 0 atom stereocenters. The van der Waals surface area contributed by atoms with Gasteiger partial charge < -0.3 is 19.9 Å². The Morgan fingerprint density at radius 2 is 2.05 bits per heavy atom. The number of aromatic nitrogens is 3. The number of hydrogen-bond acceptors (Lipinski definition) is 4. The van der Waals surface area contributed by atoms with Gasteiger partial charge in [0.1, 0.15) is 12.4 Å². The highest BCUT2D eigenvalue weighted by Gasteiger charge is 2.04. The molecule has 7 nitrogen and oxygen atoms in total. The predicted molar refractivity (Wildman–Crippen MR) is 79.7 cm³/mol. The summed E-state index contributed by atoms with van der Waals surface area (Å²) in [5.41, 5.74) is 0. The van der Waals surface area contributed by atoms with Crippen LogP contribution in [-0.4, -0.2) is 47.5 Å². The van der Waals surface area contributed by atoms with Crippen molar-refractivity contribution >= 4 is 5.96 Å². The summed E-state index contributed by atoms with van der Waals surface area (Å²) in [6.07, 6.45) is 2.27. The lowest BCUT2D eigenvalue weighted by atomic mass is 10.3. The molecular formula is C13H26N6O. The van der Waals surface area contributed by atoms with Crippen molar-refractivity contribution in [1.82, 2.24) is 25.4 Å². The van der Waals surface area contributed by atoms with Crippen LogP contribution < -0.4 is 10.6 Å². The number of ether oxygens (including phenoxy) is 1. The summed E-state index contributed by atoms with van der Waals surface area (Å²) in [5, 5.41) is 14.7. The molecule has 0 bridgehead atoms. The number of nitrogens with zero attached hydrogens (tertiary/aromatic N) is 4. The predicted octanol–water partition coefficient (Wildman–Crippen LogP) is 0.605. The molecule has 0 amide bonds. The first-order valence-electron chi connectivity index (χ1n) is 7.05. The first-order valence-corrected chi connectivity index (χ1v) is 7.05. The average molecular weight is 282 g/mol. The molecular weight excluding hydrogens is 256 g/mol. The number of guanidine groups is 1. The number of aryl methyl sites for hydroxylation is 1. The second kappa shape index (κ2) is 9.30. The van der Waals surface area contributed by atoms with Crippen molar-refractivity contribution in [3.8, 4) is 0 Å². The maximum absolute atomic E-state index is 5.03. The van der Waals surface area contributed by atoms with Gasteiger partial charge in [-0.05, 0) is 13.3 Å². The molecule has 1 heterocycles. The lowest BCUT2D eigenvalue weighted by molar-refractivity contribution is 0.203. The van der Waals surface area contributed by atoms with Gasteiger partial charge in [0.2, 0.25) is 0 Å². The molecule has 0 spiro atoms. The number of unbranched alkanes of at least 4 members (excludes halogenated alkanes) is 1. The third-order valence-electron chi connectivity index (χ3n) is 2.98. The second-order valence-electron chi connectivity index (χ2n) is 4.59. The van der Waals surface area contributed by atoms with Crippen molar-refractivity contribution < 1.29 is 4.74 Å². The average Bonchev–Trinajstić information content (AvgIpc) is 2.76. The molecule has 20 heavy (non-hydrogen) atoms. The molecule has 1 rings (SSSR count). The van der Waals surface area contributed by atoms with Gasteiger partial charge in [-0.1, -0.05) is 13.3 Å². The van der Waals surface area contributed by atoms with E-state index < -0.39 is 0 Å². The van der Waals surface area contributed by atoms with Gasteiger partial charge in [-0.3, -0.25) is 0 Å². The van der Waals surface area contributed by atoms with E-state index >= 15 is 0 Å². The minimum Gasteiger partial charge on any atom is -0.383 e. The Morgan fingerprint density at radius 1 is 1.30 bits per heavy atom. The summed E-state index contributed by atoms with van der Waals surface area (Å²) in [5.74, 6) is 2.53. The summed E-state index contributed by atoms with van der Waals surface area (Å²) in [6, 6.07) is 0. The van der Waals surface area contributed by atoms with Crippen LogP contribution in [0.25, 0.3) is 0 Å². The van der Waals surface area contributed by atoms with Gasteiger partial charge in [-0.25, -0.2) is 4.99 Å². The Labute approximate surface area is 120 Å². The summed E-state index contributed by atoms with van der Waals surface area (Å²) in [6.45, 7) is 6.89. The largest absolute Gasteiger partial charge is 0.383 e. The van der Waals surface area contributed by atoms with E-state index in [9.17, 15) is 0 Å². The third-order valence-corrected chi connectivity index (χ3v) is 2.98. The molecule has 114 valence electrons. The summed E-state index contributed by atoms with van der Waals surface area (Å²) < 4.78 is 6.98. The Kier molecular flexibility index (Phi) is 7.64. The van der Waals surface area contributed by atoms with E-state index in [0.717, 1.165) is 43.5 Å². The van der Waals surface area contributed by atoms with E-state index in [0.29, 0.717) is 13.2 Å². The lowest BCUT2D eigenvalue weighted by Gasteiger charge is -2.11. The summed E-state index contributed by atoms with van der Waals surface area (Å²) in [7, 11) is 3.63. The van der Waals surface area contributed by atoms with Crippen LogP contribution in [0.3, 0.4) is 0 Å². The third kappa shape index (κ3) is 5.56. The van der Waals surface area contributed by atoms with E-state index in [-0.39, 0.29) is 0 Å². The molecule has 0 aliphatic heterocycles. The Hall–Kier alpha value is -1.63. The topological polar surface area (TPSA) is 76.4 Å². The van der Waals surface area contributed by atoms with Crippen molar-refractivity contribution in [2.45, 2.75) is 33.2 Å². The Morgan fingerprint density at radius 3 is 2.65 bits per heavy atom. The maximum Gasteiger partial charge on any atom is 0.191 e. The van der Waals surface area contributed by atoms with Gasteiger partial charge in [0.05, 0.1) is 6.61 Å². The quantitative estimate of drug-likeness (QED) is 0.415. The fourth-order valence-electron chi connectivity index (χ4n) is 1.57. The van der Waals surface area contributed by atoms with Gasteiger partial charge in [0.25, 0.3) is 0 Å². The zero-order valence-corrected chi connectivity index (χ0v) is 12.9. The summed E-state index contributed by atoms with van der Waals surface area (Å²) in [4.78, 5) is 4.53. The molecule has 0 aliphatic carbocycles. The SMILES string of the molecule is CCCCNC(=NCc1nnc(C)n1C)NCCOC. The highest BCUT2D eigenvalue weighted by molar-refractivity contribution is 5.79. The first-order chi connectivity index (χ1) is 9.69. The standard InChI is InChI=1S/C13H26N6O/c1-5-6-7-14-13(15-8-9-20-4)16-10-12-18-17-11(2)19(12)3/h5-10H2,1-4H3,(H2,14,15,16). The van der Waals surface area contributed by atoms with Crippen LogP contribution in [0, 0.1) is 6.92 Å². The highest BCUT2D eigenvalue weighted by Crippen LogP contribution is 1.98. The molecule has 0 radical (unpaired) electrons. The van der Waals surface area contributed by atoms with E-state index in [4.69, 9.17) is 4.74 Å². The minimum absolute atomic E-state index is 0.506. The Bertz CT molecular complexity index is 403. The molecule has 1 aromatic rings. The molecule has 0 saturated carbocycles. The molecule has 1 aromatic heterocycles. The number of rotatable bonds is 8. The first kappa shape index (κ1) is 16.4. The summed E-state index contributed by atoms with van der Waals surface area (Å²) >= 11 is 0. The van der Waals surface area contributed by atoms with E-state index in [1.165, 1.54) is 0 Å². The zero-order valence-electron chi connectivity index (χ0n) is 12.9. The van der Waals surface area contributed by atoms with Gasteiger partial charge >= 0.3 is 0 Å². The number of methoxy groups -OCH3 is 1. The van der Waals surface area contributed by atoms with Crippen molar-refractivity contribution in [3.05, 3.63) is 11.6 Å². The van der Waals surface area contributed by atoms with Crippen LogP contribution in [0.2, 0.25) is 0 Å². The molecule has 7 heteroatoms. The van der Waals surface area contributed by atoms with Crippen LogP contribution in [-0.2, 0) is 18.3 Å². The smallest absolute Gasteiger partial charge is 0.191 e. The van der Waals surface area contributed by atoms with Crippen LogP contribution in [0.5, 0.6) is 0 Å². The zero-order chi connectivity index (χ0) is 14.8. The maximum atomic E-state index is 5.03. The van der Waals surface area contributed by atoms with Crippen LogP contribution >= 0.6 is 0 Å². The second-order valence-corrected chi connectivity index (χ2v) is 4.59. The fourth-order valence-corrected chi connectivity index (χ4v) is 1.57. The fraction of sp³-hybridized carbons (Fsp3) is 0.769. The van der Waals surface area contributed by atoms with Crippen LogP contribution in [0.1, 0.15) is 31.4 Å². The molecule has 0 saturated heterocycles. The van der Waals surface area contributed by atoms with Crippen molar-refractivity contribution in [2.24, 2.45) is 12.0 Å². The van der Waals surface area contributed by atoms with Gasteiger partial charge in [-0.2, -0.15) is 0 Å². The Balaban J connectivity index is 2.55. The van der Waals surface area contributed by atoms with Crippen molar-refractivity contribution in [2.75, 3.05) is 26.8 Å². The molecule has 2 N–H and O–H groups in total. The molecule has 0 aliphatic rings. The van der Waals surface area contributed by atoms with Crippen LogP contribution in [0.4, 0.5) is 0 Å². The van der Waals surface area contributed by atoms with E-state index in [2.05, 4.69) is 32.7 Å². The van der Waals surface area contributed by atoms with Crippen molar-refractivity contribution in [3.63, 3.8) is 0 Å². The number of hydrogen-bond donors (Lipinski definition) is 2. The molecule has 0 aromatic carbocycles. The molecule has 0 fully saturated rings. The molecule has 0 unspecified atom stereocenters. The number of aliphatic imine (C=N–C) groups is 1.